The number of likely N-dealkylation sites (tertiary alicyclic amines) is 1. The minimum Gasteiger partial charge on any atom is -0.369 e. The van der Waals surface area contributed by atoms with Crippen LogP contribution in [0.5, 0.6) is 0 Å². The van der Waals surface area contributed by atoms with E-state index in [4.69, 9.17) is 25.3 Å². The van der Waals surface area contributed by atoms with Crippen molar-refractivity contribution in [3.63, 3.8) is 0 Å². The van der Waals surface area contributed by atoms with Gasteiger partial charge in [-0.2, -0.15) is 5.10 Å². The van der Waals surface area contributed by atoms with Crippen LogP contribution < -0.4 is 11.1 Å². The fraction of sp³-hybridized carbons (Fsp3) is 0.676. The van der Waals surface area contributed by atoms with Crippen molar-refractivity contribution in [2.24, 2.45) is 0 Å². The van der Waals surface area contributed by atoms with Gasteiger partial charge in [-0.25, -0.2) is 19.6 Å². The third-order valence-corrected chi connectivity index (χ3v) is 11.3. The van der Waals surface area contributed by atoms with Crippen molar-refractivity contribution in [1.82, 2.24) is 29.6 Å². The van der Waals surface area contributed by atoms with Gasteiger partial charge in [0, 0.05) is 42.9 Å². The first kappa shape index (κ1) is 31.7. The highest BCUT2D eigenvalue weighted by Gasteiger charge is 2.42. The average molecular weight is 649 g/mol. The Morgan fingerprint density at radius 1 is 1.09 bits per heavy atom. The number of piperidine rings is 1. The number of aromatic nitrogens is 5. The van der Waals surface area contributed by atoms with E-state index in [1.54, 1.807) is 6.20 Å². The van der Waals surface area contributed by atoms with Crippen LogP contribution in [0.25, 0.3) is 11.4 Å². The number of nitrogen functional groups attached to an aromatic ring is 1. The van der Waals surface area contributed by atoms with Crippen molar-refractivity contribution >= 4 is 28.3 Å². The van der Waals surface area contributed by atoms with Crippen LogP contribution in [0.15, 0.2) is 11.6 Å². The highest BCUT2D eigenvalue weighted by atomic mass is 32.1. The first-order chi connectivity index (χ1) is 22.2. The highest BCUT2D eigenvalue weighted by molar-refractivity contribution is 7.14. The molecule has 12 heteroatoms. The highest BCUT2D eigenvalue weighted by Crippen LogP contribution is 2.46. The number of hydrogen-bond acceptors (Lipinski definition) is 10. The molecule has 2 aliphatic heterocycles. The molecule has 0 aromatic carbocycles. The monoisotopic (exact) mass is 648 g/mol. The molecule has 1 saturated carbocycles. The third kappa shape index (κ3) is 6.46. The van der Waals surface area contributed by atoms with Gasteiger partial charge in [0.15, 0.2) is 17.1 Å². The second-order valence-corrected chi connectivity index (χ2v) is 15.4. The maximum atomic E-state index is 13.9. The second-order valence-electron chi connectivity index (χ2n) is 14.5. The number of hydrogen-bond donors (Lipinski definition) is 2. The summed E-state index contributed by atoms with van der Waals surface area (Å²) in [6, 6.07) is 0.746. The molecule has 3 N–H and O–H groups in total. The summed E-state index contributed by atoms with van der Waals surface area (Å²) >= 11 is 1.41. The Morgan fingerprint density at radius 3 is 2.59 bits per heavy atom. The quantitative estimate of drug-likeness (QED) is 0.285. The zero-order chi connectivity index (χ0) is 31.9. The third-order valence-electron chi connectivity index (χ3n) is 10.5. The van der Waals surface area contributed by atoms with Crippen LogP contribution in [-0.4, -0.2) is 66.9 Å². The van der Waals surface area contributed by atoms with Gasteiger partial charge in [-0.05, 0) is 69.3 Å². The summed E-state index contributed by atoms with van der Waals surface area (Å²) < 4.78 is 14.5. The van der Waals surface area contributed by atoms with Crippen molar-refractivity contribution < 1.29 is 14.3 Å². The van der Waals surface area contributed by atoms with E-state index in [1.165, 1.54) is 49.9 Å². The molecule has 0 spiro atoms. The molecule has 0 bridgehead atoms. The van der Waals surface area contributed by atoms with Crippen molar-refractivity contribution in [1.29, 1.82) is 0 Å². The number of ether oxygens (including phenoxy) is 2. The van der Waals surface area contributed by atoms with Crippen molar-refractivity contribution in [2.45, 2.75) is 128 Å². The topological polar surface area (TPSA) is 133 Å². The predicted molar refractivity (Wildman–Crippen MR) is 179 cm³/mol. The molecule has 0 radical (unpaired) electrons. The Kier molecular flexibility index (Phi) is 8.90. The van der Waals surface area contributed by atoms with Crippen LogP contribution in [0.4, 0.5) is 11.1 Å². The van der Waals surface area contributed by atoms with Crippen molar-refractivity contribution in [3.8, 4) is 11.4 Å². The van der Waals surface area contributed by atoms with E-state index in [2.05, 4.69) is 41.0 Å². The Bertz CT molecular complexity index is 1550. The smallest absolute Gasteiger partial charge is 0.278 e. The zero-order valence-electron chi connectivity index (χ0n) is 27.5. The minimum absolute atomic E-state index is 0.157. The van der Waals surface area contributed by atoms with E-state index in [0.717, 1.165) is 79.4 Å². The van der Waals surface area contributed by atoms with Crippen LogP contribution in [0.3, 0.4) is 0 Å². The SMILES string of the molecule is CC1(OCc2csc(NC(=O)c3nn(C4CCCCO4)c4c3C(C)(C)Cc3cnc(N)nc3-4)n2)CCN(C2CCCCCC2)CC1. The molecule has 1 atom stereocenters. The molecule has 11 nitrogen and oxygen atoms in total. The van der Waals surface area contributed by atoms with Gasteiger partial charge < -0.3 is 20.1 Å². The number of thiazole rings is 1. The van der Waals surface area contributed by atoms with Crippen LogP contribution in [0, 0.1) is 0 Å². The molecular weight excluding hydrogens is 600 g/mol. The number of fused-ring (bicyclic) bond motifs is 3. The molecule has 3 aromatic heterocycles. The van der Waals surface area contributed by atoms with Crippen LogP contribution in [0.2, 0.25) is 0 Å². The zero-order valence-corrected chi connectivity index (χ0v) is 28.3. The lowest BCUT2D eigenvalue weighted by Gasteiger charge is -2.42. The number of carbonyl (C=O) groups is 1. The number of carbonyl (C=O) groups excluding carboxylic acids is 1. The number of nitrogens with one attached hydrogen (secondary N) is 1. The van der Waals surface area contributed by atoms with Gasteiger partial charge in [0.25, 0.3) is 5.91 Å². The number of amides is 1. The Labute approximate surface area is 275 Å². The lowest BCUT2D eigenvalue weighted by molar-refractivity contribution is -0.0870. The largest absolute Gasteiger partial charge is 0.369 e. The summed E-state index contributed by atoms with van der Waals surface area (Å²) in [7, 11) is 0. The average Bonchev–Trinajstić information content (AvgIpc) is 3.58. The van der Waals surface area contributed by atoms with Crippen LogP contribution in [-0.2, 0) is 27.9 Å². The van der Waals surface area contributed by atoms with Gasteiger partial charge in [0.1, 0.15) is 0 Å². The number of anilines is 2. The Morgan fingerprint density at radius 2 is 1.85 bits per heavy atom. The Balaban J connectivity index is 1.05. The number of nitrogens with zero attached hydrogens (tertiary/aromatic N) is 6. The van der Waals surface area contributed by atoms with E-state index < -0.39 is 0 Å². The number of nitrogens with two attached hydrogens (primary N) is 1. The van der Waals surface area contributed by atoms with Crippen LogP contribution in [0.1, 0.15) is 125 Å². The first-order valence-electron chi connectivity index (χ1n) is 17.2. The Hall–Kier alpha value is -2.93. The standard InChI is InChI=1S/C34H48N8O3S/c1-33(2)18-22-19-36-31(35)38-27(22)29-26(33)28(40-42(29)25-12-8-9-17-44-25)30(43)39-32-37-23(21-46-32)20-45-34(3)13-15-41(16-14-34)24-10-6-4-5-7-11-24/h19,21,24-25H,4-18,20H2,1-3H3,(H2,35,36,38)(H,37,39,43). The van der Waals surface area contributed by atoms with Gasteiger partial charge >= 0.3 is 0 Å². The molecule has 4 aliphatic rings. The summed E-state index contributed by atoms with van der Waals surface area (Å²) in [6.45, 7) is 9.79. The molecule has 2 aliphatic carbocycles. The molecule has 7 rings (SSSR count). The lowest BCUT2D eigenvalue weighted by atomic mass is 9.73. The second kappa shape index (κ2) is 12.9. The first-order valence-corrected chi connectivity index (χ1v) is 18.1. The molecule has 3 aromatic rings. The van der Waals surface area contributed by atoms with Crippen molar-refractivity contribution in [2.75, 3.05) is 30.7 Å². The molecule has 248 valence electrons. The van der Waals surface area contributed by atoms with E-state index in [1.807, 2.05) is 10.1 Å². The molecule has 1 unspecified atom stereocenters. The summed E-state index contributed by atoms with van der Waals surface area (Å²) in [6.07, 6.45) is 15.3. The summed E-state index contributed by atoms with van der Waals surface area (Å²) in [5.74, 6) is -0.0895. The fourth-order valence-corrected chi connectivity index (χ4v) is 8.56. The maximum Gasteiger partial charge on any atom is 0.278 e. The van der Waals surface area contributed by atoms with Gasteiger partial charge in [0.2, 0.25) is 5.95 Å². The number of rotatable bonds is 7. The van der Waals surface area contributed by atoms with E-state index in [9.17, 15) is 4.79 Å². The fourth-order valence-electron chi connectivity index (χ4n) is 7.87. The lowest BCUT2D eigenvalue weighted by Crippen LogP contribution is -2.48. The molecule has 46 heavy (non-hydrogen) atoms. The molecule has 2 saturated heterocycles. The van der Waals surface area contributed by atoms with Gasteiger partial charge in [-0.3, -0.25) is 10.1 Å². The van der Waals surface area contributed by atoms with Crippen molar-refractivity contribution in [3.05, 3.63) is 34.1 Å². The molecule has 1 amide bonds. The summed E-state index contributed by atoms with van der Waals surface area (Å²) in [5.41, 5.74) is 10.1. The van der Waals surface area contributed by atoms with Crippen LogP contribution >= 0.6 is 11.3 Å². The normalized spacial score (nSPS) is 23.3. The van der Waals surface area contributed by atoms with Gasteiger partial charge in [-0.15, -0.1) is 11.3 Å². The molecular formula is C34H48N8O3S. The summed E-state index contributed by atoms with van der Waals surface area (Å²) in [5, 5.41) is 10.5. The van der Waals surface area contributed by atoms with E-state index >= 15 is 0 Å². The van der Waals surface area contributed by atoms with Gasteiger partial charge in [0.05, 0.1) is 29.3 Å². The summed E-state index contributed by atoms with van der Waals surface area (Å²) in [4.78, 5) is 30.3. The molecule has 5 heterocycles. The minimum atomic E-state index is -0.384. The molecule has 3 fully saturated rings. The van der Waals surface area contributed by atoms with E-state index in [-0.39, 0.29) is 29.1 Å². The van der Waals surface area contributed by atoms with E-state index in [0.29, 0.717) is 30.5 Å². The van der Waals surface area contributed by atoms with Gasteiger partial charge in [-0.1, -0.05) is 39.5 Å². The maximum absolute atomic E-state index is 13.9. The predicted octanol–water partition coefficient (Wildman–Crippen LogP) is 6.26.